The second-order valence-electron chi connectivity index (χ2n) is 6.38. The largest absolute Gasteiger partial charge is 0.463 e. The molecule has 0 aromatic heterocycles. The van der Waals surface area contributed by atoms with E-state index in [0.717, 1.165) is 13.8 Å². The molecule has 0 aliphatic carbocycles. The number of aliphatic hydroxyl groups excluding tert-OH is 1. The van der Waals surface area contributed by atoms with E-state index >= 15 is 0 Å². The van der Waals surface area contributed by atoms with Gasteiger partial charge in [0.15, 0.2) is 18.5 Å². The van der Waals surface area contributed by atoms with E-state index in [-0.39, 0.29) is 6.61 Å². The van der Waals surface area contributed by atoms with Crippen molar-refractivity contribution in [3.63, 3.8) is 0 Å². The standard InChI is InChI=1S/C19H23NO9/c1-10(21)26-9-14-16(27-11(2)22)17(28-12(3)23)15(19(25)29-14)20-18(24)13-7-5-4-6-8-13/h4-8,14-17,19,25H,9H2,1-3H3,(H,20,24)/t14-,15+,16-,17+,19-/m0/s1. The summed E-state index contributed by atoms with van der Waals surface area (Å²) < 4.78 is 20.8. The fourth-order valence-electron chi connectivity index (χ4n) is 2.90. The van der Waals surface area contributed by atoms with Crippen molar-refractivity contribution < 1.29 is 43.2 Å². The third-order valence-corrected chi connectivity index (χ3v) is 4.05. The van der Waals surface area contributed by atoms with Crippen LogP contribution in [0.3, 0.4) is 0 Å². The Labute approximate surface area is 167 Å². The second-order valence-corrected chi connectivity index (χ2v) is 6.38. The molecule has 2 rings (SSSR count). The van der Waals surface area contributed by atoms with Gasteiger partial charge in [-0.3, -0.25) is 19.2 Å². The third kappa shape index (κ3) is 6.26. The molecule has 5 atom stereocenters. The molecule has 158 valence electrons. The van der Waals surface area contributed by atoms with Crippen LogP contribution in [-0.4, -0.2) is 66.2 Å². The molecule has 29 heavy (non-hydrogen) atoms. The number of benzene rings is 1. The number of aliphatic hydroxyl groups is 1. The monoisotopic (exact) mass is 409 g/mol. The Morgan fingerprint density at radius 2 is 1.55 bits per heavy atom. The predicted molar refractivity (Wildman–Crippen MR) is 96.3 cm³/mol. The van der Waals surface area contributed by atoms with Gasteiger partial charge in [-0.2, -0.15) is 0 Å². The smallest absolute Gasteiger partial charge is 0.303 e. The summed E-state index contributed by atoms with van der Waals surface area (Å²) in [5, 5.41) is 13.0. The number of ether oxygens (including phenoxy) is 4. The van der Waals surface area contributed by atoms with E-state index in [1.165, 1.54) is 6.92 Å². The summed E-state index contributed by atoms with van der Waals surface area (Å²) in [6, 6.07) is 6.91. The number of carbonyl (C=O) groups excluding carboxylic acids is 4. The Bertz CT molecular complexity index is 751. The maximum Gasteiger partial charge on any atom is 0.303 e. The first-order chi connectivity index (χ1) is 13.7. The Kier molecular flexibility index (Phi) is 7.68. The molecule has 1 aromatic rings. The van der Waals surface area contributed by atoms with Gasteiger partial charge in [-0.15, -0.1) is 0 Å². The summed E-state index contributed by atoms with van der Waals surface area (Å²) in [5.74, 6) is -2.62. The normalized spacial score (nSPS) is 26.1. The molecular weight excluding hydrogens is 386 g/mol. The number of nitrogens with one attached hydrogen (secondary N) is 1. The molecule has 0 radical (unpaired) electrons. The minimum Gasteiger partial charge on any atom is -0.463 e. The molecule has 0 bridgehead atoms. The molecule has 1 saturated heterocycles. The maximum absolute atomic E-state index is 12.5. The Hall–Kier alpha value is -2.98. The molecule has 10 heteroatoms. The Morgan fingerprint density at radius 1 is 0.966 bits per heavy atom. The number of hydrogen-bond donors (Lipinski definition) is 2. The van der Waals surface area contributed by atoms with Gasteiger partial charge >= 0.3 is 17.9 Å². The number of amides is 1. The lowest BCUT2D eigenvalue weighted by atomic mass is 9.96. The Balaban J connectivity index is 2.30. The van der Waals surface area contributed by atoms with Crippen LogP contribution in [0.2, 0.25) is 0 Å². The van der Waals surface area contributed by atoms with Gasteiger partial charge in [0, 0.05) is 26.3 Å². The van der Waals surface area contributed by atoms with Crippen LogP contribution in [0.5, 0.6) is 0 Å². The molecule has 0 saturated carbocycles. The van der Waals surface area contributed by atoms with Crippen LogP contribution in [0, 0.1) is 0 Å². The van der Waals surface area contributed by atoms with E-state index < -0.39 is 54.5 Å². The average Bonchev–Trinajstić information content (AvgIpc) is 2.65. The highest BCUT2D eigenvalue weighted by atomic mass is 16.7. The van der Waals surface area contributed by atoms with E-state index in [0.29, 0.717) is 5.56 Å². The summed E-state index contributed by atoms with van der Waals surface area (Å²) in [5.41, 5.74) is 0.298. The van der Waals surface area contributed by atoms with E-state index in [2.05, 4.69) is 5.32 Å². The second kappa shape index (κ2) is 9.99. The quantitative estimate of drug-likeness (QED) is 0.488. The number of carbonyl (C=O) groups is 4. The zero-order valence-electron chi connectivity index (χ0n) is 16.2. The van der Waals surface area contributed by atoms with Crippen LogP contribution in [0.1, 0.15) is 31.1 Å². The average molecular weight is 409 g/mol. The van der Waals surface area contributed by atoms with Gasteiger partial charge in [0.25, 0.3) is 5.91 Å². The predicted octanol–water partition coefficient (Wildman–Crippen LogP) is -0.0713. The van der Waals surface area contributed by atoms with Crippen molar-refractivity contribution in [1.82, 2.24) is 5.32 Å². The van der Waals surface area contributed by atoms with Crippen molar-refractivity contribution >= 4 is 23.8 Å². The van der Waals surface area contributed by atoms with Gasteiger partial charge in [-0.05, 0) is 12.1 Å². The van der Waals surface area contributed by atoms with E-state index in [1.807, 2.05) is 0 Å². The lowest BCUT2D eigenvalue weighted by Gasteiger charge is -2.43. The van der Waals surface area contributed by atoms with E-state index in [9.17, 15) is 24.3 Å². The maximum atomic E-state index is 12.5. The summed E-state index contributed by atoms with van der Waals surface area (Å²) >= 11 is 0. The molecule has 1 aliphatic heterocycles. The van der Waals surface area contributed by atoms with Crippen molar-refractivity contribution in [2.75, 3.05) is 6.61 Å². The van der Waals surface area contributed by atoms with Gasteiger partial charge in [-0.25, -0.2) is 0 Å². The summed E-state index contributed by atoms with van der Waals surface area (Å²) in [6.45, 7) is 3.08. The van der Waals surface area contributed by atoms with Crippen LogP contribution in [-0.2, 0) is 33.3 Å². The summed E-state index contributed by atoms with van der Waals surface area (Å²) in [7, 11) is 0. The highest BCUT2D eigenvalue weighted by Crippen LogP contribution is 2.26. The summed E-state index contributed by atoms with van der Waals surface area (Å²) in [6.07, 6.45) is -5.26. The molecule has 1 amide bonds. The van der Waals surface area contributed by atoms with Crippen molar-refractivity contribution in [3.8, 4) is 0 Å². The van der Waals surface area contributed by atoms with E-state index in [4.69, 9.17) is 18.9 Å². The number of rotatable bonds is 6. The first-order valence-corrected chi connectivity index (χ1v) is 8.86. The zero-order chi connectivity index (χ0) is 21.6. The highest BCUT2D eigenvalue weighted by Gasteiger charge is 2.50. The first kappa shape index (κ1) is 22.3. The fourth-order valence-corrected chi connectivity index (χ4v) is 2.90. The minimum atomic E-state index is -1.63. The van der Waals surface area contributed by atoms with Crippen molar-refractivity contribution in [3.05, 3.63) is 35.9 Å². The van der Waals surface area contributed by atoms with Gasteiger partial charge in [0.1, 0.15) is 18.8 Å². The van der Waals surface area contributed by atoms with Crippen LogP contribution in [0.4, 0.5) is 0 Å². The molecule has 1 fully saturated rings. The molecule has 10 nitrogen and oxygen atoms in total. The molecule has 1 aliphatic rings. The van der Waals surface area contributed by atoms with Crippen LogP contribution >= 0.6 is 0 Å². The minimum absolute atomic E-state index is 0.298. The molecule has 0 unspecified atom stereocenters. The third-order valence-electron chi connectivity index (χ3n) is 4.05. The molecule has 1 heterocycles. The van der Waals surface area contributed by atoms with Gasteiger partial charge in [0.2, 0.25) is 0 Å². The van der Waals surface area contributed by atoms with Crippen LogP contribution in [0.25, 0.3) is 0 Å². The van der Waals surface area contributed by atoms with Crippen LogP contribution < -0.4 is 5.32 Å². The van der Waals surface area contributed by atoms with Gasteiger partial charge < -0.3 is 29.4 Å². The first-order valence-electron chi connectivity index (χ1n) is 8.86. The fraction of sp³-hybridized carbons (Fsp3) is 0.474. The lowest BCUT2D eigenvalue weighted by Crippen LogP contribution is -2.66. The summed E-state index contributed by atoms with van der Waals surface area (Å²) in [4.78, 5) is 46.9. The molecule has 2 N–H and O–H groups in total. The van der Waals surface area contributed by atoms with Crippen molar-refractivity contribution in [2.24, 2.45) is 0 Å². The van der Waals surface area contributed by atoms with Crippen molar-refractivity contribution in [2.45, 2.75) is 51.4 Å². The molecule has 0 spiro atoms. The van der Waals surface area contributed by atoms with Gasteiger partial charge in [0.05, 0.1) is 0 Å². The van der Waals surface area contributed by atoms with E-state index in [1.54, 1.807) is 30.3 Å². The van der Waals surface area contributed by atoms with Crippen LogP contribution in [0.15, 0.2) is 30.3 Å². The zero-order valence-corrected chi connectivity index (χ0v) is 16.2. The SMILES string of the molecule is CC(=O)OC[C@@H]1O[C@H](O)[C@H](NC(=O)c2ccccc2)[C@@H](OC(C)=O)[C@H]1OC(C)=O. The number of esters is 3. The van der Waals surface area contributed by atoms with Crippen molar-refractivity contribution in [1.29, 1.82) is 0 Å². The topological polar surface area (TPSA) is 137 Å². The molecule has 1 aromatic carbocycles. The number of hydrogen-bond acceptors (Lipinski definition) is 9. The van der Waals surface area contributed by atoms with Gasteiger partial charge in [-0.1, -0.05) is 18.2 Å². The molecular formula is C19H23NO9. The Morgan fingerprint density at radius 3 is 2.10 bits per heavy atom. The highest BCUT2D eigenvalue weighted by molar-refractivity contribution is 5.94. The lowest BCUT2D eigenvalue weighted by molar-refractivity contribution is -0.263.